The van der Waals surface area contributed by atoms with Crippen LogP contribution in [-0.2, 0) is 11.2 Å². The molecule has 0 saturated carbocycles. The molecule has 0 radical (unpaired) electrons. The quantitative estimate of drug-likeness (QED) is 0.601. The van der Waals surface area contributed by atoms with Crippen molar-refractivity contribution in [3.05, 3.63) is 71.4 Å². The van der Waals surface area contributed by atoms with Crippen molar-refractivity contribution in [3.63, 3.8) is 0 Å². The van der Waals surface area contributed by atoms with E-state index in [4.69, 9.17) is 4.74 Å². The number of benzene rings is 2. The van der Waals surface area contributed by atoms with Crippen molar-refractivity contribution < 1.29 is 14.6 Å². The van der Waals surface area contributed by atoms with Gasteiger partial charge in [-0.2, -0.15) is 5.10 Å². The molecule has 1 atom stereocenters. The topological polar surface area (TPSA) is 87.2 Å². The first-order valence-corrected chi connectivity index (χ1v) is 8.75. The Morgan fingerprint density at radius 2 is 1.89 bits per heavy atom. The lowest BCUT2D eigenvalue weighted by molar-refractivity contribution is -0.121. The third-order valence-electron chi connectivity index (χ3n) is 4.49. The maximum atomic E-state index is 12.6. The highest BCUT2D eigenvalue weighted by Crippen LogP contribution is 2.26. The summed E-state index contributed by atoms with van der Waals surface area (Å²) in [6, 6.07) is 16.5. The van der Waals surface area contributed by atoms with Gasteiger partial charge in [0.25, 0.3) is 0 Å². The van der Waals surface area contributed by atoms with Gasteiger partial charge in [0.2, 0.25) is 5.91 Å². The van der Waals surface area contributed by atoms with Crippen LogP contribution in [0.1, 0.15) is 22.9 Å². The van der Waals surface area contributed by atoms with Crippen molar-refractivity contribution >= 4 is 5.91 Å². The van der Waals surface area contributed by atoms with Crippen LogP contribution in [0.25, 0.3) is 11.3 Å². The van der Waals surface area contributed by atoms with Crippen molar-refractivity contribution in [1.82, 2.24) is 15.5 Å². The predicted octanol–water partition coefficient (Wildman–Crippen LogP) is 2.79. The Balaban J connectivity index is 1.77. The van der Waals surface area contributed by atoms with Crippen LogP contribution in [0.4, 0.5) is 0 Å². The molecule has 0 saturated heterocycles. The van der Waals surface area contributed by atoms with Gasteiger partial charge in [0, 0.05) is 16.8 Å². The average molecular weight is 365 g/mol. The molecule has 1 amide bonds. The number of rotatable bonds is 7. The van der Waals surface area contributed by atoms with E-state index in [0.717, 1.165) is 33.8 Å². The average Bonchev–Trinajstić information content (AvgIpc) is 3.07. The highest BCUT2D eigenvalue weighted by Gasteiger charge is 2.19. The normalized spacial score (nSPS) is 11.8. The molecule has 0 aliphatic rings. The number of methoxy groups -OCH3 is 1. The SMILES string of the molecule is COc1ccc(-c2n[nH]c(C)c2CC(=O)NC(CO)c2ccccc2)cc1. The molecule has 3 aromatic rings. The van der Waals surface area contributed by atoms with Crippen molar-refractivity contribution in [1.29, 1.82) is 0 Å². The largest absolute Gasteiger partial charge is 0.497 e. The molecule has 3 rings (SSSR count). The van der Waals surface area contributed by atoms with E-state index in [1.807, 2.05) is 61.5 Å². The summed E-state index contributed by atoms with van der Waals surface area (Å²) < 4.78 is 5.19. The molecule has 1 aromatic heterocycles. The zero-order chi connectivity index (χ0) is 19.2. The van der Waals surface area contributed by atoms with Crippen LogP contribution in [0.5, 0.6) is 5.75 Å². The first-order valence-electron chi connectivity index (χ1n) is 8.75. The fourth-order valence-corrected chi connectivity index (χ4v) is 2.98. The number of amides is 1. The van der Waals surface area contributed by atoms with Crippen LogP contribution >= 0.6 is 0 Å². The van der Waals surface area contributed by atoms with E-state index in [0.29, 0.717) is 0 Å². The number of hydrogen-bond donors (Lipinski definition) is 3. The van der Waals surface area contributed by atoms with Crippen LogP contribution in [-0.4, -0.2) is 34.9 Å². The number of aromatic amines is 1. The zero-order valence-corrected chi connectivity index (χ0v) is 15.4. The van der Waals surface area contributed by atoms with Crippen LogP contribution < -0.4 is 10.1 Å². The molecule has 0 aliphatic heterocycles. The number of aryl methyl sites for hydroxylation is 1. The van der Waals surface area contributed by atoms with E-state index in [-0.39, 0.29) is 18.9 Å². The summed E-state index contributed by atoms with van der Waals surface area (Å²) in [5.74, 6) is 0.594. The zero-order valence-electron chi connectivity index (χ0n) is 15.4. The first kappa shape index (κ1) is 18.7. The number of H-pyrrole nitrogens is 1. The lowest BCUT2D eigenvalue weighted by Gasteiger charge is -2.17. The summed E-state index contributed by atoms with van der Waals surface area (Å²) >= 11 is 0. The van der Waals surface area contributed by atoms with Gasteiger partial charge < -0.3 is 15.2 Å². The Kier molecular flexibility index (Phi) is 5.88. The molecule has 1 heterocycles. The minimum absolute atomic E-state index is 0.161. The van der Waals surface area contributed by atoms with Gasteiger partial charge in [0.1, 0.15) is 5.75 Å². The summed E-state index contributed by atoms with van der Waals surface area (Å²) in [5, 5.41) is 19.9. The van der Waals surface area contributed by atoms with Gasteiger partial charge in [0.05, 0.1) is 31.9 Å². The fraction of sp³-hybridized carbons (Fsp3) is 0.238. The molecule has 2 aromatic carbocycles. The number of ether oxygens (including phenoxy) is 1. The minimum Gasteiger partial charge on any atom is -0.497 e. The molecule has 3 N–H and O–H groups in total. The maximum absolute atomic E-state index is 12.6. The van der Waals surface area contributed by atoms with Crippen LogP contribution in [0.2, 0.25) is 0 Å². The Bertz CT molecular complexity index is 889. The maximum Gasteiger partial charge on any atom is 0.225 e. The van der Waals surface area contributed by atoms with Gasteiger partial charge in [-0.15, -0.1) is 0 Å². The second-order valence-corrected chi connectivity index (χ2v) is 6.29. The highest BCUT2D eigenvalue weighted by molar-refractivity contribution is 5.82. The summed E-state index contributed by atoms with van der Waals surface area (Å²) in [6.07, 6.45) is 0.174. The summed E-state index contributed by atoms with van der Waals surface area (Å²) in [7, 11) is 1.62. The van der Waals surface area contributed by atoms with Crippen molar-refractivity contribution in [2.75, 3.05) is 13.7 Å². The molecule has 0 spiro atoms. The third-order valence-corrected chi connectivity index (χ3v) is 4.49. The summed E-state index contributed by atoms with van der Waals surface area (Å²) in [5.41, 5.74) is 4.20. The molecular weight excluding hydrogens is 342 g/mol. The van der Waals surface area contributed by atoms with Crippen molar-refractivity contribution in [2.24, 2.45) is 0 Å². The number of aliphatic hydroxyl groups is 1. The second kappa shape index (κ2) is 8.51. The smallest absolute Gasteiger partial charge is 0.225 e. The number of hydrogen-bond acceptors (Lipinski definition) is 4. The predicted molar refractivity (Wildman–Crippen MR) is 103 cm³/mol. The Morgan fingerprint density at radius 3 is 2.52 bits per heavy atom. The molecule has 0 aliphatic carbocycles. The van der Waals surface area contributed by atoms with E-state index in [2.05, 4.69) is 15.5 Å². The molecule has 0 fully saturated rings. The lowest BCUT2D eigenvalue weighted by Crippen LogP contribution is -2.32. The Hall–Kier alpha value is -3.12. The number of aliphatic hydroxyl groups excluding tert-OH is 1. The van der Waals surface area contributed by atoms with Gasteiger partial charge in [-0.25, -0.2) is 0 Å². The standard InChI is InChI=1S/C21H23N3O3/c1-14-18(21(24-23-14)16-8-10-17(27-2)11-9-16)12-20(26)22-19(13-25)15-6-4-3-5-7-15/h3-11,19,25H,12-13H2,1-2H3,(H,22,26)(H,23,24). The fourth-order valence-electron chi connectivity index (χ4n) is 2.98. The molecular formula is C21H23N3O3. The van der Waals surface area contributed by atoms with Gasteiger partial charge in [-0.1, -0.05) is 30.3 Å². The number of carbonyl (C=O) groups excluding carboxylic acids is 1. The minimum atomic E-state index is -0.435. The van der Waals surface area contributed by atoms with Gasteiger partial charge in [0.15, 0.2) is 0 Å². The number of carbonyl (C=O) groups is 1. The van der Waals surface area contributed by atoms with E-state index in [9.17, 15) is 9.90 Å². The lowest BCUT2D eigenvalue weighted by atomic mass is 10.0. The van der Waals surface area contributed by atoms with Gasteiger partial charge in [-0.3, -0.25) is 9.89 Å². The highest BCUT2D eigenvalue weighted by atomic mass is 16.5. The number of aromatic nitrogens is 2. The molecule has 6 nitrogen and oxygen atoms in total. The monoisotopic (exact) mass is 365 g/mol. The van der Waals surface area contributed by atoms with E-state index >= 15 is 0 Å². The molecule has 0 bridgehead atoms. The van der Waals surface area contributed by atoms with E-state index in [1.165, 1.54) is 0 Å². The van der Waals surface area contributed by atoms with Gasteiger partial charge >= 0.3 is 0 Å². The second-order valence-electron chi connectivity index (χ2n) is 6.29. The van der Waals surface area contributed by atoms with Crippen molar-refractivity contribution in [2.45, 2.75) is 19.4 Å². The molecule has 140 valence electrons. The first-order chi connectivity index (χ1) is 13.1. The van der Waals surface area contributed by atoms with Crippen LogP contribution in [0.15, 0.2) is 54.6 Å². The molecule has 6 heteroatoms. The molecule has 27 heavy (non-hydrogen) atoms. The molecule has 1 unspecified atom stereocenters. The Morgan fingerprint density at radius 1 is 1.19 bits per heavy atom. The van der Waals surface area contributed by atoms with E-state index < -0.39 is 6.04 Å². The van der Waals surface area contributed by atoms with Crippen LogP contribution in [0, 0.1) is 6.92 Å². The van der Waals surface area contributed by atoms with Crippen LogP contribution in [0.3, 0.4) is 0 Å². The Labute approximate surface area is 158 Å². The third kappa shape index (κ3) is 4.35. The van der Waals surface area contributed by atoms with Crippen molar-refractivity contribution in [3.8, 4) is 17.0 Å². The number of nitrogens with zero attached hydrogens (tertiary/aromatic N) is 1. The van der Waals surface area contributed by atoms with E-state index in [1.54, 1.807) is 7.11 Å². The number of nitrogens with one attached hydrogen (secondary N) is 2. The summed E-state index contributed by atoms with van der Waals surface area (Å²) in [4.78, 5) is 12.6. The van der Waals surface area contributed by atoms with Gasteiger partial charge in [-0.05, 0) is 36.8 Å². The summed E-state index contributed by atoms with van der Waals surface area (Å²) in [6.45, 7) is 1.73.